The van der Waals surface area contributed by atoms with Crippen LogP contribution in [-0.2, 0) is 56.8 Å². The normalized spacial score (nSPS) is 21.4. The van der Waals surface area contributed by atoms with E-state index in [1.54, 1.807) is 21.8 Å². The second-order valence-electron chi connectivity index (χ2n) is 22.3. The quantitative estimate of drug-likeness (QED) is 0.0504. The number of nitrogens with zero attached hydrogens (tertiary/aromatic N) is 8. The number of anilines is 2. The minimum atomic E-state index is -3.14. The van der Waals surface area contributed by atoms with Crippen LogP contribution in [0.2, 0.25) is 25.7 Å². The second kappa shape index (κ2) is 21.1. The number of carbonyl (C=O) groups excluding carboxylic acids is 1. The minimum absolute atomic E-state index is 0.00921. The Morgan fingerprint density at radius 3 is 2.00 bits per heavy atom. The summed E-state index contributed by atoms with van der Waals surface area (Å²) in [6.45, 7) is 12.7. The van der Waals surface area contributed by atoms with Crippen molar-refractivity contribution >= 4 is 51.1 Å². The van der Waals surface area contributed by atoms with Gasteiger partial charge < -0.3 is 20.9 Å². The number of benzene rings is 2. The summed E-state index contributed by atoms with van der Waals surface area (Å²) in [7, 11) is -7.24. The fraction of sp³-hybridized carbons (Fsp3) is 0.510. The molecule has 1 amide bonds. The van der Waals surface area contributed by atoms with Gasteiger partial charge in [0, 0.05) is 55.9 Å². The molecule has 6 unspecified atom stereocenters. The first-order valence-electron chi connectivity index (χ1n) is 24.8. The zero-order valence-corrected chi connectivity index (χ0v) is 45.4. The van der Waals surface area contributed by atoms with Gasteiger partial charge in [-0.2, -0.15) is 25.2 Å². The van der Waals surface area contributed by atoms with Gasteiger partial charge in [0.2, 0.25) is 0 Å². The molecule has 22 heteroatoms. The van der Waals surface area contributed by atoms with Crippen molar-refractivity contribution in [1.82, 2.24) is 44.8 Å². The highest BCUT2D eigenvalue weighted by Gasteiger charge is 2.55. The lowest BCUT2D eigenvalue weighted by Gasteiger charge is -2.20. The first-order valence-corrected chi connectivity index (χ1v) is 32.6. The van der Waals surface area contributed by atoms with Crippen LogP contribution in [0.25, 0.3) is 0 Å². The molecule has 6 aromatic rings. The number of sulfone groups is 2. The maximum absolute atomic E-state index is 12.9. The van der Waals surface area contributed by atoms with Crippen LogP contribution in [0.4, 0.5) is 11.5 Å². The van der Waals surface area contributed by atoms with Crippen molar-refractivity contribution in [2.24, 2.45) is 22.7 Å². The number of fused-ring (bicyclic) bond motifs is 4. The summed E-state index contributed by atoms with van der Waals surface area (Å²) in [5.41, 5.74) is 13.6. The SMILES string of the molecule is CC12Cc3[nH]nc(C(=O)Nc4cnn(C(CCS(C)(=O)=O)c5ccccc5)n4)c3CC1C2.CC12Cc3c(c(C(=O)O)nn3COCC[Si](C)(C)C)CC1C2.CS(=O)(=O)CCC(c1ccccc1)n1cc(N)cn1. The number of carbonyl (C=O) groups is 2. The van der Waals surface area contributed by atoms with E-state index in [4.69, 9.17) is 10.5 Å². The molecule has 0 spiro atoms. The number of H-pyrrole nitrogens is 1. The number of carboxylic acid groups (broad SMARTS) is 1. The van der Waals surface area contributed by atoms with Crippen LogP contribution in [0, 0.1) is 22.7 Å². The highest BCUT2D eigenvalue weighted by molar-refractivity contribution is 7.90. The fourth-order valence-corrected chi connectivity index (χ4v) is 12.2. The highest BCUT2D eigenvalue weighted by atomic mass is 32.2. The lowest BCUT2D eigenvalue weighted by molar-refractivity contribution is 0.0667. The van der Waals surface area contributed by atoms with E-state index in [9.17, 15) is 31.5 Å². The molecule has 4 aromatic heterocycles. The van der Waals surface area contributed by atoms with Crippen molar-refractivity contribution in [3.63, 3.8) is 0 Å². The molecule has 2 saturated carbocycles. The Kier molecular flexibility index (Phi) is 15.4. The molecule has 0 radical (unpaired) electrons. The number of hydrogen-bond acceptors (Lipinski definition) is 13. The first kappa shape index (κ1) is 53.3. The molecule has 73 heavy (non-hydrogen) atoms. The zero-order chi connectivity index (χ0) is 52.5. The molecule has 0 saturated heterocycles. The topological polar surface area (TPSA) is 265 Å². The lowest BCUT2D eigenvalue weighted by Crippen LogP contribution is -2.23. The van der Waals surface area contributed by atoms with Crippen molar-refractivity contribution < 1.29 is 36.3 Å². The van der Waals surface area contributed by atoms with E-state index < -0.39 is 33.7 Å². The molecule has 5 N–H and O–H groups in total. The minimum Gasteiger partial charge on any atom is -0.476 e. The van der Waals surface area contributed by atoms with Gasteiger partial charge in [-0.15, -0.1) is 5.10 Å². The van der Waals surface area contributed by atoms with Crippen molar-refractivity contribution in [2.75, 3.05) is 41.7 Å². The predicted molar refractivity (Wildman–Crippen MR) is 282 cm³/mol. The Hall–Kier alpha value is -5.97. The first-order chi connectivity index (χ1) is 34.4. The number of rotatable bonds is 18. The maximum Gasteiger partial charge on any atom is 0.356 e. The Balaban J connectivity index is 0.000000153. The van der Waals surface area contributed by atoms with Gasteiger partial charge in [-0.05, 0) is 91.2 Å². The Labute approximate surface area is 428 Å². The van der Waals surface area contributed by atoms with E-state index >= 15 is 0 Å². The van der Waals surface area contributed by atoms with Crippen LogP contribution in [0.3, 0.4) is 0 Å². The number of amides is 1. The van der Waals surface area contributed by atoms with Crippen LogP contribution >= 0.6 is 0 Å². The van der Waals surface area contributed by atoms with Crippen LogP contribution in [-0.4, -0.2) is 117 Å². The summed E-state index contributed by atoms with van der Waals surface area (Å²) in [6.07, 6.45) is 14.0. The summed E-state index contributed by atoms with van der Waals surface area (Å²) in [5.74, 6) is 0.471. The Morgan fingerprint density at radius 2 is 1.42 bits per heavy atom. The van der Waals surface area contributed by atoms with Gasteiger partial charge in [0.15, 0.2) is 17.2 Å². The van der Waals surface area contributed by atoms with Crippen molar-refractivity contribution in [1.29, 1.82) is 0 Å². The number of nitrogens with two attached hydrogens (primary N) is 1. The van der Waals surface area contributed by atoms with Crippen molar-refractivity contribution in [2.45, 2.75) is 110 Å². The number of aromatic amines is 1. The number of hydrogen-bond donors (Lipinski definition) is 4. The Morgan fingerprint density at radius 1 is 0.836 bits per heavy atom. The van der Waals surface area contributed by atoms with Crippen molar-refractivity contribution in [3.8, 4) is 0 Å². The van der Waals surface area contributed by atoms with Crippen molar-refractivity contribution in [3.05, 3.63) is 124 Å². The molecular weight excluding hydrogens is 987 g/mol. The molecule has 2 fully saturated rings. The molecule has 10 rings (SSSR count). The summed E-state index contributed by atoms with van der Waals surface area (Å²) >= 11 is 0. The monoisotopic (exact) mass is 1060 g/mol. The Bertz CT molecular complexity index is 3150. The second-order valence-corrected chi connectivity index (χ2v) is 32.4. The summed E-state index contributed by atoms with van der Waals surface area (Å²) < 4.78 is 55.4. The van der Waals surface area contributed by atoms with Gasteiger partial charge in [-0.3, -0.25) is 14.6 Å². The van der Waals surface area contributed by atoms with Gasteiger partial charge >= 0.3 is 5.97 Å². The summed E-state index contributed by atoms with van der Waals surface area (Å²) in [4.78, 5) is 25.8. The van der Waals surface area contributed by atoms with Gasteiger partial charge in [0.05, 0.1) is 41.7 Å². The van der Waals surface area contributed by atoms with E-state index in [0.717, 1.165) is 72.0 Å². The van der Waals surface area contributed by atoms with Crippen LogP contribution in [0.5, 0.6) is 0 Å². The summed E-state index contributed by atoms with van der Waals surface area (Å²) in [5, 5.41) is 36.7. The fourth-order valence-electron chi connectivity index (χ4n) is 10.1. The van der Waals surface area contributed by atoms with Crippen LogP contribution in [0.1, 0.15) is 106 Å². The standard InChI is InChI=1S/C22H26N6O3S.C16H26N2O3Si.C13H17N3O2S/c1-22-11-15(22)10-16-17(12-22)25-26-20(16)21(29)24-19-13-23-28(27-19)18(8-9-32(2,30)31)14-6-4-3-5-7-14;1-16-8-11(16)7-12-13(9-16)18(17-14(12)15(19)20)10-21-5-6-22(2,3)4;1-19(17,18)8-7-13(11-5-3-2-4-6-11)16-10-12(14)9-15-16/h3-7,13,15,18H,8-12H2,1-2H3,(H,25,26)(H,24,27,29);11H,5-10H2,1-4H3,(H,19,20);2-6,9-10,13H,7-8,14H2,1H3. The molecular formula is C51H69N11O8S2Si. The largest absolute Gasteiger partial charge is 0.476 e. The number of nitrogens with one attached hydrogen (secondary N) is 2. The number of carboxylic acids is 1. The highest BCUT2D eigenvalue weighted by Crippen LogP contribution is 2.60. The van der Waals surface area contributed by atoms with Crippen LogP contribution < -0.4 is 11.1 Å². The third kappa shape index (κ3) is 13.6. The molecule has 6 atom stereocenters. The predicted octanol–water partition coefficient (Wildman–Crippen LogP) is 6.91. The number of aromatic nitrogens is 9. The van der Waals surface area contributed by atoms with E-state index in [1.165, 1.54) is 36.3 Å². The number of aromatic carboxylic acids is 1. The zero-order valence-electron chi connectivity index (χ0n) is 42.8. The third-order valence-electron chi connectivity index (χ3n) is 14.7. The van der Waals surface area contributed by atoms with Gasteiger partial charge in [-0.1, -0.05) is 94.2 Å². The average Bonchev–Trinajstić information content (AvgIpc) is 3.69. The smallest absolute Gasteiger partial charge is 0.356 e. The van der Waals surface area contributed by atoms with Crippen LogP contribution in [0.15, 0.2) is 79.3 Å². The molecule has 392 valence electrons. The van der Waals surface area contributed by atoms with Gasteiger partial charge in [0.1, 0.15) is 26.4 Å². The van der Waals surface area contributed by atoms with Gasteiger partial charge in [-0.25, -0.2) is 26.3 Å². The lowest BCUT2D eigenvalue weighted by atomic mass is 9.87. The van der Waals surface area contributed by atoms with Gasteiger partial charge in [0.25, 0.3) is 5.91 Å². The third-order valence-corrected chi connectivity index (χ3v) is 18.4. The number of ether oxygens (including phenoxy) is 1. The molecule has 4 aliphatic carbocycles. The molecule has 2 aromatic carbocycles. The molecule has 0 aliphatic heterocycles. The van der Waals surface area contributed by atoms with E-state index in [2.05, 4.69) is 69.4 Å². The summed E-state index contributed by atoms with van der Waals surface area (Å²) in [6, 6.07) is 19.8. The average molecular weight is 1060 g/mol. The molecule has 4 heterocycles. The molecule has 4 aliphatic rings. The van der Waals surface area contributed by atoms with E-state index in [1.807, 2.05) is 60.7 Å². The van der Waals surface area contributed by atoms with E-state index in [-0.39, 0.29) is 35.2 Å². The number of nitrogen functional groups attached to an aromatic ring is 1. The van der Waals surface area contributed by atoms with E-state index in [0.29, 0.717) is 59.4 Å². The maximum atomic E-state index is 12.9. The molecule has 19 nitrogen and oxygen atoms in total. The molecule has 0 bridgehead atoms.